The Bertz CT molecular complexity index is 835. The van der Waals surface area contributed by atoms with Gasteiger partial charge in [0.25, 0.3) is 10.2 Å². The van der Waals surface area contributed by atoms with Crippen molar-refractivity contribution in [3.63, 3.8) is 0 Å². The van der Waals surface area contributed by atoms with Gasteiger partial charge in [-0.15, -0.1) is 0 Å². The van der Waals surface area contributed by atoms with Gasteiger partial charge >= 0.3 is 0 Å². The van der Waals surface area contributed by atoms with Gasteiger partial charge in [0.1, 0.15) is 0 Å². The molecule has 1 unspecified atom stereocenters. The van der Waals surface area contributed by atoms with Gasteiger partial charge in [0.2, 0.25) is 0 Å². The molecule has 0 radical (unpaired) electrons. The van der Waals surface area contributed by atoms with E-state index in [1.807, 2.05) is 25.1 Å². The van der Waals surface area contributed by atoms with Crippen molar-refractivity contribution < 1.29 is 8.42 Å². The second-order valence-corrected chi connectivity index (χ2v) is 8.92. The maximum atomic E-state index is 12.4. The van der Waals surface area contributed by atoms with Crippen LogP contribution in [0.1, 0.15) is 30.1 Å². The molecule has 1 atom stereocenters. The van der Waals surface area contributed by atoms with Crippen LogP contribution in [0.25, 0.3) is 11.1 Å². The van der Waals surface area contributed by atoms with Crippen molar-refractivity contribution in [3.05, 3.63) is 53.9 Å². The molecule has 2 heterocycles. The smallest absolute Gasteiger partial charge is 0.258 e. The number of aryl methyl sites for hydroxylation is 1. The molecule has 0 aliphatic carbocycles. The molecule has 1 aromatic heterocycles. The zero-order valence-electron chi connectivity index (χ0n) is 15.0. The molecule has 1 aliphatic heterocycles. The van der Waals surface area contributed by atoms with Crippen molar-refractivity contribution in [2.45, 2.75) is 25.7 Å². The first kappa shape index (κ1) is 18.0. The van der Waals surface area contributed by atoms with E-state index in [-0.39, 0.29) is 5.92 Å². The summed E-state index contributed by atoms with van der Waals surface area (Å²) in [6, 6.07) is 14.4. The van der Waals surface area contributed by atoms with Gasteiger partial charge in [0.05, 0.1) is 0 Å². The molecule has 25 heavy (non-hydrogen) atoms. The van der Waals surface area contributed by atoms with Crippen molar-refractivity contribution in [3.8, 4) is 11.1 Å². The predicted molar refractivity (Wildman–Crippen MR) is 101 cm³/mol. The lowest BCUT2D eigenvalue weighted by Gasteiger charge is -2.33. The number of benzene rings is 1. The molecule has 0 amide bonds. The van der Waals surface area contributed by atoms with Crippen LogP contribution in [0.15, 0.2) is 42.5 Å². The zero-order chi connectivity index (χ0) is 18.0. The average molecular weight is 359 g/mol. The molecule has 134 valence electrons. The Hall–Kier alpha value is -1.76. The summed E-state index contributed by atoms with van der Waals surface area (Å²) in [5, 5.41) is 0. The van der Waals surface area contributed by atoms with Crippen LogP contribution >= 0.6 is 0 Å². The van der Waals surface area contributed by atoms with Gasteiger partial charge in [-0.3, -0.25) is 4.98 Å². The first-order valence-corrected chi connectivity index (χ1v) is 9.99. The highest BCUT2D eigenvalue weighted by Crippen LogP contribution is 2.30. The van der Waals surface area contributed by atoms with E-state index in [4.69, 9.17) is 4.98 Å². The fraction of sp³-hybridized carbons (Fsp3) is 0.421. The summed E-state index contributed by atoms with van der Waals surface area (Å²) < 4.78 is 27.8. The Morgan fingerprint density at radius 1 is 1.12 bits per heavy atom. The Balaban J connectivity index is 1.90. The van der Waals surface area contributed by atoms with Crippen molar-refractivity contribution in [1.82, 2.24) is 13.6 Å². The van der Waals surface area contributed by atoms with Crippen molar-refractivity contribution in [1.29, 1.82) is 0 Å². The molecule has 0 bridgehead atoms. The summed E-state index contributed by atoms with van der Waals surface area (Å²) in [5.74, 6) is 0.130. The van der Waals surface area contributed by atoms with Gasteiger partial charge in [-0.1, -0.05) is 30.3 Å². The lowest BCUT2D eigenvalue weighted by atomic mass is 9.93. The number of nitrogens with zero attached hydrogens (tertiary/aromatic N) is 3. The Morgan fingerprint density at radius 3 is 2.52 bits per heavy atom. The molecule has 0 spiro atoms. The minimum absolute atomic E-state index is 0.130. The second kappa shape index (κ2) is 7.23. The summed E-state index contributed by atoms with van der Waals surface area (Å²) in [6.07, 6.45) is 1.82. The normalized spacial score (nSPS) is 19.3. The molecule has 1 fully saturated rings. The lowest BCUT2D eigenvalue weighted by molar-refractivity contribution is 0.296. The molecule has 3 rings (SSSR count). The zero-order valence-corrected chi connectivity index (χ0v) is 15.8. The van der Waals surface area contributed by atoms with Gasteiger partial charge in [0, 0.05) is 44.5 Å². The topological polar surface area (TPSA) is 53.5 Å². The van der Waals surface area contributed by atoms with Crippen LogP contribution in [0.4, 0.5) is 0 Å². The monoisotopic (exact) mass is 359 g/mol. The highest BCUT2D eigenvalue weighted by molar-refractivity contribution is 7.86. The fourth-order valence-corrected chi connectivity index (χ4v) is 4.51. The molecule has 1 saturated heterocycles. The van der Waals surface area contributed by atoms with Crippen LogP contribution in [-0.4, -0.2) is 49.2 Å². The average Bonchev–Trinajstić information content (AvgIpc) is 2.62. The number of hydrogen-bond acceptors (Lipinski definition) is 3. The van der Waals surface area contributed by atoms with Crippen LogP contribution in [0.3, 0.4) is 0 Å². The van der Waals surface area contributed by atoms with E-state index in [0.717, 1.165) is 35.4 Å². The van der Waals surface area contributed by atoms with E-state index in [9.17, 15) is 8.42 Å². The van der Waals surface area contributed by atoms with Gasteiger partial charge < -0.3 is 0 Å². The number of piperidine rings is 1. The van der Waals surface area contributed by atoms with Crippen molar-refractivity contribution in [2.24, 2.45) is 0 Å². The summed E-state index contributed by atoms with van der Waals surface area (Å²) in [6.45, 7) is 3.06. The summed E-state index contributed by atoms with van der Waals surface area (Å²) in [4.78, 5) is 4.71. The van der Waals surface area contributed by atoms with Gasteiger partial charge in [-0.25, -0.2) is 0 Å². The van der Waals surface area contributed by atoms with Gasteiger partial charge in [-0.2, -0.15) is 17.0 Å². The van der Waals surface area contributed by atoms with Gasteiger partial charge in [0.15, 0.2) is 0 Å². The van der Waals surface area contributed by atoms with E-state index in [1.165, 1.54) is 4.31 Å². The van der Waals surface area contributed by atoms with Crippen LogP contribution < -0.4 is 0 Å². The Kier molecular flexibility index (Phi) is 5.22. The fourth-order valence-electron chi connectivity index (χ4n) is 3.32. The number of rotatable bonds is 4. The van der Waals surface area contributed by atoms with Crippen LogP contribution in [0.2, 0.25) is 0 Å². The third kappa shape index (κ3) is 3.92. The number of pyridine rings is 1. The van der Waals surface area contributed by atoms with Crippen LogP contribution in [-0.2, 0) is 10.2 Å². The first-order valence-electron chi connectivity index (χ1n) is 8.59. The highest BCUT2D eigenvalue weighted by Gasteiger charge is 2.31. The number of hydrogen-bond donors (Lipinski definition) is 0. The molecule has 5 nitrogen and oxygen atoms in total. The maximum Gasteiger partial charge on any atom is 0.281 e. The minimum atomic E-state index is -3.37. The molecular weight excluding hydrogens is 334 g/mol. The van der Waals surface area contributed by atoms with Gasteiger partial charge in [-0.05, 0) is 43.0 Å². The second-order valence-electron chi connectivity index (χ2n) is 6.78. The third-order valence-corrected chi connectivity index (χ3v) is 6.58. The predicted octanol–water partition coefficient (Wildman–Crippen LogP) is 3.04. The summed E-state index contributed by atoms with van der Waals surface area (Å²) >= 11 is 0. The van der Waals surface area contributed by atoms with E-state index in [1.54, 1.807) is 18.4 Å². The molecule has 2 aromatic rings. The minimum Gasteiger partial charge on any atom is -0.258 e. The van der Waals surface area contributed by atoms with Crippen molar-refractivity contribution >= 4 is 10.2 Å². The quantitative estimate of drug-likeness (QED) is 0.843. The van der Waals surface area contributed by atoms with E-state index < -0.39 is 10.2 Å². The molecule has 0 N–H and O–H groups in total. The highest BCUT2D eigenvalue weighted by atomic mass is 32.2. The SMILES string of the molecule is Cc1cc(-c2ccccc2)cc(C2CCCN(S(=O)(=O)N(C)C)C2)n1. The van der Waals surface area contributed by atoms with Crippen LogP contribution in [0.5, 0.6) is 0 Å². The van der Waals surface area contributed by atoms with E-state index in [0.29, 0.717) is 13.1 Å². The largest absolute Gasteiger partial charge is 0.281 e. The Morgan fingerprint density at radius 2 is 1.84 bits per heavy atom. The standard InChI is InChI=1S/C19H25N3O2S/c1-15-12-18(16-8-5-4-6-9-16)13-19(20-15)17-10-7-11-22(14-17)25(23,24)21(2)3/h4-6,8-9,12-13,17H,7,10-11,14H2,1-3H3. The maximum absolute atomic E-state index is 12.4. The molecular formula is C19H25N3O2S. The first-order chi connectivity index (χ1) is 11.9. The molecule has 0 saturated carbocycles. The molecule has 1 aliphatic rings. The summed E-state index contributed by atoms with van der Waals surface area (Å²) in [5.41, 5.74) is 4.24. The van der Waals surface area contributed by atoms with E-state index >= 15 is 0 Å². The third-order valence-electron chi connectivity index (χ3n) is 4.67. The van der Waals surface area contributed by atoms with Crippen LogP contribution in [0, 0.1) is 6.92 Å². The summed E-state index contributed by atoms with van der Waals surface area (Å²) in [7, 11) is -0.213. The lowest BCUT2D eigenvalue weighted by Crippen LogP contribution is -2.45. The van der Waals surface area contributed by atoms with Crippen molar-refractivity contribution in [2.75, 3.05) is 27.2 Å². The Labute approximate surface area is 150 Å². The molecule has 1 aromatic carbocycles. The van der Waals surface area contributed by atoms with E-state index in [2.05, 4.69) is 24.3 Å². The molecule has 6 heteroatoms. The number of aromatic nitrogens is 1.